The molecule has 1 aromatic rings. The molecule has 1 aromatic carbocycles. The highest BCUT2D eigenvalue weighted by Gasteiger charge is 2.31. The SMILES string of the molecule is CC[C@H](C)[C@H](CC(=O)Cc1ccc(Br)cc1F)C(=O)OC(C)(C)C. The van der Waals surface area contributed by atoms with Crippen molar-refractivity contribution < 1.29 is 18.7 Å². The molecule has 0 aliphatic carbocycles. The largest absolute Gasteiger partial charge is 0.460 e. The van der Waals surface area contributed by atoms with Gasteiger partial charge in [-0.3, -0.25) is 9.59 Å². The van der Waals surface area contributed by atoms with Crippen molar-refractivity contribution in [2.45, 2.75) is 59.5 Å². The molecule has 0 bridgehead atoms. The Morgan fingerprint density at radius 2 is 1.92 bits per heavy atom. The van der Waals surface area contributed by atoms with Gasteiger partial charge >= 0.3 is 5.97 Å². The fraction of sp³-hybridized carbons (Fsp3) is 0.579. The van der Waals surface area contributed by atoms with Gasteiger partial charge in [0.05, 0.1) is 5.92 Å². The van der Waals surface area contributed by atoms with Crippen LogP contribution in [0.4, 0.5) is 4.39 Å². The Morgan fingerprint density at radius 1 is 1.29 bits per heavy atom. The van der Waals surface area contributed by atoms with E-state index in [1.807, 2.05) is 13.8 Å². The Balaban J connectivity index is 2.82. The summed E-state index contributed by atoms with van der Waals surface area (Å²) in [4.78, 5) is 24.8. The average Bonchev–Trinajstić information content (AvgIpc) is 2.45. The molecule has 0 heterocycles. The summed E-state index contributed by atoms with van der Waals surface area (Å²) in [5.74, 6) is -1.41. The molecule has 0 N–H and O–H groups in total. The fourth-order valence-corrected chi connectivity index (χ4v) is 2.71. The lowest BCUT2D eigenvalue weighted by atomic mass is 9.86. The van der Waals surface area contributed by atoms with Crippen LogP contribution in [0.2, 0.25) is 0 Å². The van der Waals surface area contributed by atoms with E-state index in [2.05, 4.69) is 15.9 Å². The molecule has 2 atom stereocenters. The molecule has 0 fully saturated rings. The molecular weight excluding hydrogens is 375 g/mol. The van der Waals surface area contributed by atoms with E-state index < -0.39 is 17.3 Å². The Labute approximate surface area is 152 Å². The van der Waals surface area contributed by atoms with Gasteiger partial charge in [-0.2, -0.15) is 0 Å². The zero-order chi connectivity index (χ0) is 18.5. The van der Waals surface area contributed by atoms with Gasteiger partial charge in [-0.1, -0.05) is 42.3 Å². The highest BCUT2D eigenvalue weighted by molar-refractivity contribution is 9.10. The first-order valence-electron chi connectivity index (χ1n) is 8.22. The molecule has 24 heavy (non-hydrogen) atoms. The van der Waals surface area contributed by atoms with Crippen molar-refractivity contribution in [2.75, 3.05) is 0 Å². The van der Waals surface area contributed by atoms with Crippen molar-refractivity contribution in [2.24, 2.45) is 11.8 Å². The maximum atomic E-state index is 13.9. The van der Waals surface area contributed by atoms with Gasteiger partial charge in [0.1, 0.15) is 17.2 Å². The minimum absolute atomic E-state index is 0.0190. The molecule has 0 amide bonds. The number of ketones is 1. The third kappa shape index (κ3) is 6.71. The highest BCUT2D eigenvalue weighted by atomic mass is 79.9. The quantitative estimate of drug-likeness (QED) is 0.598. The smallest absolute Gasteiger partial charge is 0.310 e. The van der Waals surface area contributed by atoms with Gasteiger partial charge in [0.2, 0.25) is 0 Å². The van der Waals surface area contributed by atoms with E-state index in [1.165, 1.54) is 6.07 Å². The fourth-order valence-electron chi connectivity index (χ4n) is 2.37. The Kier molecular flexibility index (Phi) is 7.58. The summed E-state index contributed by atoms with van der Waals surface area (Å²) >= 11 is 3.19. The van der Waals surface area contributed by atoms with Crippen LogP contribution in [0.25, 0.3) is 0 Å². The van der Waals surface area contributed by atoms with Crippen molar-refractivity contribution in [3.63, 3.8) is 0 Å². The maximum Gasteiger partial charge on any atom is 0.310 e. The van der Waals surface area contributed by atoms with Crippen molar-refractivity contribution in [3.05, 3.63) is 34.1 Å². The lowest BCUT2D eigenvalue weighted by Gasteiger charge is -2.26. The summed E-state index contributed by atoms with van der Waals surface area (Å²) in [6.07, 6.45) is 0.818. The molecule has 0 saturated heterocycles. The van der Waals surface area contributed by atoms with Crippen molar-refractivity contribution in [1.82, 2.24) is 0 Å². The third-order valence-corrected chi connectivity index (χ3v) is 4.38. The number of ether oxygens (including phenoxy) is 1. The van der Waals surface area contributed by atoms with E-state index in [0.717, 1.165) is 6.42 Å². The number of benzene rings is 1. The van der Waals surface area contributed by atoms with E-state index in [1.54, 1.807) is 32.9 Å². The number of hydrogen-bond donors (Lipinski definition) is 0. The Morgan fingerprint density at radius 3 is 2.42 bits per heavy atom. The molecule has 0 radical (unpaired) electrons. The van der Waals surface area contributed by atoms with Gasteiger partial charge < -0.3 is 4.74 Å². The zero-order valence-corrected chi connectivity index (χ0v) is 16.6. The van der Waals surface area contributed by atoms with Gasteiger partial charge in [-0.25, -0.2) is 4.39 Å². The van der Waals surface area contributed by atoms with Crippen LogP contribution < -0.4 is 0 Å². The molecule has 1 rings (SSSR count). The molecule has 0 spiro atoms. The van der Waals surface area contributed by atoms with E-state index in [4.69, 9.17) is 4.74 Å². The number of carbonyl (C=O) groups is 2. The molecule has 0 aliphatic rings. The van der Waals surface area contributed by atoms with E-state index in [0.29, 0.717) is 10.0 Å². The summed E-state index contributed by atoms with van der Waals surface area (Å²) in [5.41, 5.74) is -0.251. The third-order valence-electron chi connectivity index (χ3n) is 3.89. The topological polar surface area (TPSA) is 43.4 Å². The van der Waals surface area contributed by atoms with Crippen molar-refractivity contribution >= 4 is 27.7 Å². The van der Waals surface area contributed by atoms with Crippen molar-refractivity contribution in [3.8, 4) is 0 Å². The summed E-state index contributed by atoms with van der Waals surface area (Å²) in [5, 5.41) is 0. The van der Waals surface area contributed by atoms with Crippen LogP contribution in [0.15, 0.2) is 22.7 Å². The first kappa shape index (κ1) is 20.8. The van der Waals surface area contributed by atoms with Gasteiger partial charge in [-0.15, -0.1) is 0 Å². The second kappa shape index (κ2) is 8.75. The molecule has 3 nitrogen and oxygen atoms in total. The van der Waals surface area contributed by atoms with Gasteiger partial charge in [0, 0.05) is 17.3 Å². The van der Waals surface area contributed by atoms with E-state index in [-0.39, 0.29) is 30.5 Å². The molecule has 0 aromatic heterocycles. The lowest BCUT2D eigenvalue weighted by molar-refractivity contribution is -0.163. The highest BCUT2D eigenvalue weighted by Crippen LogP contribution is 2.25. The van der Waals surface area contributed by atoms with Gasteiger partial charge in [0.15, 0.2) is 0 Å². The standard InChI is InChI=1S/C19H26BrFO3/c1-6-12(2)16(18(23)24-19(3,4)5)11-15(22)9-13-7-8-14(20)10-17(13)21/h7-8,10,12,16H,6,9,11H2,1-5H3/t12-,16-/m0/s1. The summed E-state index contributed by atoms with van der Waals surface area (Å²) in [6.45, 7) is 9.32. The first-order chi connectivity index (χ1) is 11.0. The minimum Gasteiger partial charge on any atom is -0.460 e. The van der Waals surface area contributed by atoms with E-state index in [9.17, 15) is 14.0 Å². The number of esters is 1. The molecule has 5 heteroatoms. The van der Waals surface area contributed by atoms with Crippen molar-refractivity contribution in [1.29, 1.82) is 0 Å². The number of Topliss-reactive ketones (excluding diaryl/α,β-unsaturated/α-hetero) is 1. The molecule has 0 aliphatic heterocycles. The molecule has 0 saturated carbocycles. The van der Waals surface area contributed by atoms with E-state index >= 15 is 0 Å². The number of halogens is 2. The predicted molar refractivity (Wildman–Crippen MR) is 96.2 cm³/mol. The number of hydrogen-bond acceptors (Lipinski definition) is 3. The molecular formula is C19H26BrFO3. The summed E-state index contributed by atoms with van der Waals surface area (Å²) in [6, 6.07) is 4.62. The van der Waals surface area contributed by atoms with Crippen LogP contribution in [0.1, 0.15) is 53.0 Å². The van der Waals surface area contributed by atoms with Gasteiger partial charge in [0.25, 0.3) is 0 Å². The average molecular weight is 401 g/mol. The summed E-state index contributed by atoms with van der Waals surface area (Å²) in [7, 11) is 0. The molecule has 134 valence electrons. The second-order valence-corrected chi connectivity index (χ2v) is 8.10. The first-order valence-corrected chi connectivity index (χ1v) is 9.01. The van der Waals surface area contributed by atoms with Crippen LogP contribution in [-0.4, -0.2) is 17.4 Å². The maximum absolute atomic E-state index is 13.9. The van der Waals surface area contributed by atoms with Crippen LogP contribution in [0.3, 0.4) is 0 Å². The van der Waals surface area contributed by atoms with Crippen LogP contribution >= 0.6 is 15.9 Å². The minimum atomic E-state index is -0.594. The normalized spacial score (nSPS) is 14.1. The second-order valence-electron chi connectivity index (χ2n) is 7.18. The zero-order valence-electron chi connectivity index (χ0n) is 15.0. The number of rotatable bonds is 7. The van der Waals surface area contributed by atoms with Gasteiger partial charge in [-0.05, 0) is 44.4 Å². The molecule has 0 unspecified atom stereocenters. The Hall–Kier alpha value is -1.23. The predicted octanol–water partition coefficient (Wildman–Crippen LogP) is 5.09. The Bertz CT molecular complexity index is 593. The van der Waals surface area contributed by atoms with Crippen LogP contribution in [0, 0.1) is 17.7 Å². The van der Waals surface area contributed by atoms with Crippen LogP contribution in [-0.2, 0) is 20.7 Å². The van der Waals surface area contributed by atoms with Crippen LogP contribution in [0.5, 0.6) is 0 Å². The summed E-state index contributed by atoms with van der Waals surface area (Å²) < 4.78 is 19.9. The monoisotopic (exact) mass is 400 g/mol. The number of carbonyl (C=O) groups excluding carboxylic acids is 2. The lowest BCUT2D eigenvalue weighted by Crippen LogP contribution is -2.33.